The van der Waals surface area contributed by atoms with Crippen molar-refractivity contribution in [2.75, 3.05) is 0 Å². The zero-order valence-corrected chi connectivity index (χ0v) is 8.10. The van der Waals surface area contributed by atoms with Crippen molar-refractivity contribution in [2.24, 2.45) is 0 Å². The third-order valence-corrected chi connectivity index (χ3v) is 0.867. The van der Waals surface area contributed by atoms with Crippen LogP contribution in [-0.2, 0) is 19.5 Å². The van der Waals surface area contributed by atoms with E-state index in [1.54, 1.807) is 0 Å². The molecule has 0 saturated carbocycles. The standard InChI is InChI=1S/C6H7.2ClH.Rh/c1-6-4-2-3-5-6;;;/h2,4H,3H2,1H3;2*1H;/q-1;;;+3/p-2. The smallest absolute Gasteiger partial charge is 1.00 e. The summed E-state index contributed by atoms with van der Waals surface area (Å²) in [6.45, 7) is 2.06. The Morgan fingerprint density at radius 1 is 1.44 bits per heavy atom. The second kappa shape index (κ2) is 8.68. The van der Waals surface area contributed by atoms with E-state index in [2.05, 4.69) is 25.2 Å². The second-order valence-corrected chi connectivity index (χ2v) is 1.47. The molecule has 0 aromatic rings. The van der Waals surface area contributed by atoms with Gasteiger partial charge in [0.2, 0.25) is 0 Å². The van der Waals surface area contributed by atoms with Gasteiger partial charge < -0.3 is 24.8 Å². The SMILES string of the molecule is CC1=[C-]CC=C1.[Cl-].[Cl-].[Rh+3]. The summed E-state index contributed by atoms with van der Waals surface area (Å²) in [5.41, 5.74) is 1.27. The summed E-state index contributed by atoms with van der Waals surface area (Å²) in [5, 5.41) is 0. The zero-order chi connectivity index (χ0) is 4.41. The molecular formula is C6H7Cl2Rh. The molecule has 1 aliphatic carbocycles. The number of hydrogen-bond donors (Lipinski definition) is 0. The molecule has 0 fully saturated rings. The van der Waals surface area contributed by atoms with Gasteiger partial charge in [-0.05, 0) is 0 Å². The van der Waals surface area contributed by atoms with Gasteiger partial charge in [-0.25, -0.2) is 11.6 Å². The second-order valence-electron chi connectivity index (χ2n) is 1.47. The topological polar surface area (TPSA) is 0 Å². The number of allylic oxidation sites excluding steroid dienone is 4. The van der Waals surface area contributed by atoms with Crippen molar-refractivity contribution < 1.29 is 44.3 Å². The fourth-order valence-corrected chi connectivity index (χ4v) is 0.515. The molecule has 9 heavy (non-hydrogen) atoms. The summed E-state index contributed by atoms with van der Waals surface area (Å²) in [6.07, 6.45) is 8.33. The van der Waals surface area contributed by atoms with Crippen LogP contribution in [0.4, 0.5) is 0 Å². The molecule has 3 heteroatoms. The molecule has 0 aromatic carbocycles. The first-order chi connectivity index (χ1) is 2.89. The number of hydrogen-bond acceptors (Lipinski definition) is 0. The van der Waals surface area contributed by atoms with Crippen LogP contribution in [0.3, 0.4) is 0 Å². The van der Waals surface area contributed by atoms with Gasteiger partial charge in [0.15, 0.2) is 0 Å². The minimum absolute atomic E-state index is 0. The molecule has 0 bridgehead atoms. The van der Waals surface area contributed by atoms with Crippen molar-refractivity contribution in [3.05, 3.63) is 23.8 Å². The maximum Gasteiger partial charge on any atom is 3.00 e. The van der Waals surface area contributed by atoms with E-state index in [1.807, 2.05) is 0 Å². The van der Waals surface area contributed by atoms with Crippen molar-refractivity contribution in [1.82, 2.24) is 0 Å². The van der Waals surface area contributed by atoms with Gasteiger partial charge >= 0.3 is 19.5 Å². The summed E-state index contributed by atoms with van der Waals surface area (Å²) < 4.78 is 0. The maximum absolute atomic E-state index is 3.12. The summed E-state index contributed by atoms with van der Waals surface area (Å²) in [6, 6.07) is 0. The largest absolute Gasteiger partial charge is 3.00 e. The average Bonchev–Trinajstić information content (AvgIpc) is 1.86. The van der Waals surface area contributed by atoms with Gasteiger partial charge in [0, 0.05) is 0 Å². The van der Waals surface area contributed by atoms with Gasteiger partial charge in [-0.3, -0.25) is 6.08 Å². The van der Waals surface area contributed by atoms with Gasteiger partial charge in [0.05, 0.1) is 0 Å². The van der Waals surface area contributed by atoms with Gasteiger partial charge in [-0.1, -0.05) is 6.92 Å². The molecule has 0 amide bonds. The minimum Gasteiger partial charge on any atom is -1.00 e. The molecule has 0 radical (unpaired) electrons. The Labute approximate surface area is 81.4 Å². The van der Waals surface area contributed by atoms with E-state index in [-0.39, 0.29) is 44.3 Å². The van der Waals surface area contributed by atoms with Crippen LogP contribution in [0.5, 0.6) is 0 Å². The van der Waals surface area contributed by atoms with Crippen LogP contribution in [0.15, 0.2) is 17.7 Å². The Balaban J connectivity index is -0.000000120. The normalized spacial score (nSPS) is 12.3. The molecule has 0 saturated heterocycles. The van der Waals surface area contributed by atoms with Crippen LogP contribution in [0.1, 0.15) is 13.3 Å². The zero-order valence-electron chi connectivity index (χ0n) is 4.95. The first kappa shape index (κ1) is 16.3. The quantitative estimate of drug-likeness (QED) is 0.303. The van der Waals surface area contributed by atoms with Crippen LogP contribution < -0.4 is 24.8 Å². The molecule has 0 atom stereocenters. The van der Waals surface area contributed by atoms with Crippen LogP contribution in [0, 0.1) is 6.08 Å². The van der Waals surface area contributed by atoms with Gasteiger partial charge in [-0.2, -0.15) is 6.08 Å². The van der Waals surface area contributed by atoms with E-state index in [4.69, 9.17) is 0 Å². The maximum atomic E-state index is 3.12. The van der Waals surface area contributed by atoms with Crippen LogP contribution in [0.2, 0.25) is 0 Å². The third-order valence-electron chi connectivity index (χ3n) is 0.867. The molecule has 0 N–H and O–H groups in total. The number of halogens is 2. The van der Waals surface area contributed by atoms with Crippen LogP contribution in [-0.4, -0.2) is 0 Å². The van der Waals surface area contributed by atoms with Crippen molar-refractivity contribution in [1.29, 1.82) is 0 Å². The number of rotatable bonds is 0. The van der Waals surface area contributed by atoms with Gasteiger partial charge in [0.25, 0.3) is 0 Å². The summed E-state index contributed by atoms with van der Waals surface area (Å²) in [4.78, 5) is 0. The Morgan fingerprint density at radius 3 is 2.11 bits per heavy atom. The predicted octanol–water partition coefficient (Wildman–Crippen LogP) is -4.30. The van der Waals surface area contributed by atoms with Crippen molar-refractivity contribution in [3.8, 4) is 0 Å². The molecule has 0 nitrogen and oxygen atoms in total. The predicted molar refractivity (Wildman–Crippen MR) is 26.2 cm³/mol. The summed E-state index contributed by atoms with van der Waals surface area (Å²) in [5.74, 6) is 0. The van der Waals surface area contributed by atoms with Crippen molar-refractivity contribution in [2.45, 2.75) is 13.3 Å². The van der Waals surface area contributed by atoms with E-state index in [0.717, 1.165) is 6.42 Å². The van der Waals surface area contributed by atoms with Crippen molar-refractivity contribution in [3.63, 3.8) is 0 Å². The molecule has 0 heterocycles. The molecule has 0 aromatic heterocycles. The fraction of sp³-hybridized carbons (Fsp3) is 0.333. The van der Waals surface area contributed by atoms with E-state index in [1.165, 1.54) is 5.57 Å². The molecular weight excluding hydrogens is 246 g/mol. The molecule has 0 aliphatic heterocycles. The third kappa shape index (κ3) is 6.57. The Morgan fingerprint density at radius 2 is 2.00 bits per heavy atom. The first-order valence-electron chi connectivity index (χ1n) is 2.13. The Hall–Kier alpha value is 0.683. The molecule has 0 unspecified atom stereocenters. The molecule has 1 aliphatic rings. The Kier molecular flexibility index (Phi) is 15.8. The molecule has 1 rings (SSSR count). The summed E-state index contributed by atoms with van der Waals surface area (Å²) >= 11 is 0. The van der Waals surface area contributed by atoms with E-state index in [0.29, 0.717) is 0 Å². The average molecular weight is 253 g/mol. The van der Waals surface area contributed by atoms with E-state index < -0.39 is 0 Å². The first-order valence-corrected chi connectivity index (χ1v) is 2.13. The molecule has 0 spiro atoms. The van der Waals surface area contributed by atoms with Gasteiger partial charge in [0.1, 0.15) is 0 Å². The van der Waals surface area contributed by atoms with E-state index >= 15 is 0 Å². The monoisotopic (exact) mass is 252 g/mol. The molecule has 54 valence electrons. The van der Waals surface area contributed by atoms with Gasteiger partial charge in [-0.15, -0.1) is 6.42 Å². The minimum atomic E-state index is 0. The Bertz CT molecular complexity index is 105. The summed E-state index contributed by atoms with van der Waals surface area (Å²) in [7, 11) is 0. The van der Waals surface area contributed by atoms with Crippen LogP contribution >= 0.6 is 0 Å². The van der Waals surface area contributed by atoms with Crippen LogP contribution in [0.25, 0.3) is 0 Å². The van der Waals surface area contributed by atoms with E-state index in [9.17, 15) is 0 Å². The van der Waals surface area contributed by atoms with Crippen molar-refractivity contribution >= 4 is 0 Å². The fourth-order valence-electron chi connectivity index (χ4n) is 0.515.